The Kier molecular flexibility index (Phi) is 12.9. The molecule has 144 valence electrons. The largest absolute Gasteiger partial charge is 0.481 e. The number of likely N-dealkylation sites (N-methyl/N-ethyl adjacent to an activating group) is 1. The van der Waals surface area contributed by atoms with E-state index in [0.717, 1.165) is 12.8 Å². The van der Waals surface area contributed by atoms with Gasteiger partial charge in [0.1, 0.15) is 18.3 Å². The SMILES string of the molecule is CNC[C@H](O)[C@@H](O)[C@H](O)[C@H](O)CO.O=C(O)CCCc1ccccc1. The van der Waals surface area contributed by atoms with Crippen LogP contribution in [0.25, 0.3) is 0 Å². The molecule has 8 nitrogen and oxygen atoms in total. The van der Waals surface area contributed by atoms with Crippen LogP contribution in [0.3, 0.4) is 0 Å². The molecule has 0 saturated heterocycles. The number of rotatable bonds is 10. The van der Waals surface area contributed by atoms with Gasteiger partial charge in [-0.2, -0.15) is 0 Å². The van der Waals surface area contributed by atoms with Crippen molar-refractivity contribution < 1.29 is 35.4 Å². The average molecular weight is 359 g/mol. The fraction of sp³-hybridized carbons (Fsp3) is 0.588. The van der Waals surface area contributed by atoms with E-state index >= 15 is 0 Å². The number of nitrogens with one attached hydrogen (secondary N) is 1. The Morgan fingerprint density at radius 1 is 1.04 bits per heavy atom. The summed E-state index contributed by atoms with van der Waals surface area (Å²) < 4.78 is 0. The van der Waals surface area contributed by atoms with Crippen molar-refractivity contribution in [1.29, 1.82) is 0 Å². The Bertz CT molecular complexity index is 458. The van der Waals surface area contributed by atoms with Gasteiger partial charge >= 0.3 is 5.97 Å². The van der Waals surface area contributed by atoms with E-state index in [9.17, 15) is 9.90 Å². The number of aliphatic hydroxyl groups excluding tert-OH is 5. The number of carboxylic acids is 1. The van der Waals surface area contributed by atoms with Crippen molar-refractivity contribution in [3.05, 3.63) is 35.9 Å². The minimum absolute atomic E-state index is 0.0936. The zero-order valence-corrected chi connectivity index (χ0v) is 14.3. The van der Waals surface area contributed by atoms with Gasteiger partial charge in [-0.25, -0.2) is 0 Å². The quantitative estimate of drug-likeness (QED) is 0.273. The van der Waals surface area contributed by atoms with Crippen LogP contribution in [0.4, 0.5) is 0 Å². The molecule has 0 radical (unpaired) electrons. The van der Waals surface area contributed by atoms with Crippen molar-refractivity contribution in [2.24, 2.45) is 0 Å². The number of carbonyl (C=O) groups is 1. The van der Waals surface area contributed by atoms with Crippen molar-refractivity contribution in [2.45, 2.75) is 43.7 Å². The summed E-state index contributed by atoms with van der Waals surface area (Å²) in [5.74, 6) is -0.717. The van der Waals surface area contributed by atoms with Crippen LogP contribution in [0, 0.1) is 0 Å². The highest BCUT2D eigenvalue weighted by molar-refractivity contribution is 5.66. The normalized spacial score (nSPS) is 15.4. The van der Waals surface area contributed by atoms with Crippen LogP contribution in [-0.2, 0) is 11.2 Å². The molecule has 0 aliphatic heterocycles. The Balaban J connectivity index is 0.000000462. The van der Waals surface area contributed by atoms with Gasteiger partial charge in [-0.05, 0) is 25.5 Å². The lowest BCUT2D eigenvalue weighted by Crippen LogP contribution is -2.48. The minimum atomic E-state index is -1.55. The number of aliphatic hydroxyl groups is 5. The maximum atomic E-state index is 10.2. The minimum Gasteiger partial charge on any atom is -0.481 e. The molecule has 0 aliphatic rings. The lowest BCUT2D eigenvalue weighted by Gasteiger charge is -2.25. The van der Waals surface area contributed by atoms with Crippen molar-refractivity contribution in [3.63, 3.8) is 0 Å². The summed E-state index contributed by atoms with van der Waals surface area (Å²) in [5.41, 5.74) is 1.21. The van der Waals surface area contributed by atoms with Gasteiger partial charge in [0.05, 0.1) is 12.7 Å². The third-order valence-electron chi connectivity index (χ3n) is 3.44. The van der Waals surface area contributed by atoms with E-state index in [1.165, 1.54) is 5.56 Å². The third kappa shape index (κ3) is 10.8. The summed E-state index contributed by atoms with van der Waals surface area (Å²) in [5, 5.41) is 55.9. The fourth-order valence-corrected chi connectivity index (χ4v) is 1.98. The first-order chi connectivity index (χ1) is 11.8. The van der Waals surface area contributed by atoms with E-state index in [1.807, 2.05) is 30.3 Å². The Morgan fingerprint density at radius 2 is 1.60 bits per heavy atom. The number of benzene rings is 1. The van der Waals surface area contributed by atoms with Crippen molar-refractivity contribution in [1.82, 2.24) is 5.32 Å². The first-order valence-electron chi connectivity index (χ1n) is 8.06. The summed E-state index contributed by atoms with van der Waals surface area (Å²) in [6.45, 7) is -0.569. The monoisotopic (exact) mass is 359 g/mol. The fourth-order valence-electron chi connectivity index (χ4n) is 1.98. The maximum Gasteiger partial charge on any atom is 0.303 e. The zero-order valence-electron chi connectivity index (χ0n) is 14.3. The first kappa shape index (κ1) is 23.4. The van der Waals surface area contributed by atoms with Gasteiger partial charge in [0.2, 0.25) is 0 Å². The molecular formula is C17H29NO7. The lowest BCUT2D eigenvalue weighted by molar-refractivity contribution is -0.137. The molecule has 0 bridgehead atoms. The molecule has 1 aromatic rings. The van der Waals surface area contributed by atoms with Crippen molar-refractivity contribution >= 4 is 5.97 Å². The molecule has 25 heavy (non-hydrogen) atoms. The summed E-state index contributed by atoms with van der Waals surface area (Å²) in [6, 6.07) is 9.93. The summed E-state index contributed by atoms with van der Waals surface area (Å²) in [4.78, 5) is 10.2. The predicted octanol–water partition coefficient (Wildman–Crippen LogP) is -1.26. The van der Waals surface area contributed by atoms with Crippen LogP contribution in [-0.4, -0.2) is 81.2 Å². The average Bonchev–Trinajstić information content (AvgIpc) is 2.61. The zero-order chi connectivity index (χ0) is 19.2. The van der Waals surface area contributed by atoms with E-state index in [4.69, 9.17) is 25.5 Å². The summed E-state index contributed by atoms with van der Waals surface area (Å²) in [6.07, 6.45) is -3.81. The van der Waals surface area contributed by atoms with Gasteiger partial charge < -0.3 is 36.0 Å². The van der Waals surface area contributed by atoms with Crippen LogP contribution in [0.2, 0.25) is 0 Å². The second kappa shape index (κ2) is 13.7. The molecule has 1 rings (SSSR count). The Labute approximate surface area is 147 Å². The molecular weight excluding hydrogens is 330 g/mol. The highest BCUT2D eigenvalue weighted by atomic mass is 16.4. The molecule has 4 atom stereocenters. The molecule has 0 fully saturated rings. The standard InChI is InChI=1S/C10H12O2.C7H17NO5/c11-10(12)8-4-7-9-5-2-1-3-6-9;1-8-2-4(10)6(12)7(13)5(11)3-9/h1-3,5-6H,4,7-8H2,(H,11,12);4-13H,2-3H2,1H3/t;4-,5+,6+,7+/m.0/s1. The number of aliphatic carboxylic acids is 1. The highest BCUT2D eigenvalue weighted by Gasteiger charge is 2.29. The van der Waals surface area contributed by atoms with Gasteiger partial charge in [-0.15, -0.1) is 0 Å². The highest BCUT2D eigenvalue weighted by Crippen LogP contribution is 2.04. The Morgan fingerprint density at radius 3 is 2.08 bits per heavy atom. The van der Waals surface area contributed by atoms with E-state index in [-0.39, 0.29) is 13.0 Å². The first-order valence-corrected chi connectivity index (χ1v) is 8.06. The van der Waals surface area contributed by atoms with Gasteiger partial charge in [0.25, 0.3) is 0 Å². The second-order valence-electron chi connectivity index (χ2n) is 5.59. The second-order valence-corrected chi connectivity index (χ2v) is 5.59. The number of carboxylic acid groups (broad SMARTS) is 1. The third-order valence-corrected chi connectivity index (χ3v) is 3.44. The molecule has 0 aliphatic carbocycles. The summed E-state index contributed by atoms with van der Waals surface area (Å²) in [7, 11) is 1.57. The number of hydrogen-bond acceptors (Lipinski definition) is 7. The van der Waals surface area contributed by atoms with E-state index < -0.39 is 37.0 Å². The van der Waals surface area contributed by atoms with Crippen LogP contribution in [0.5, 0.6) is 0 Å². The van der Waals surface area contributed by atoms with Crippen molar-refractivity contribution in [2.75, 3.05) is 20.2 Å². The van der Waals surface area contributed by atoms with Crippen LogP contribution < -0.4 is 5.32 Å². The van der Waals surface area contributed by atoms with Crippen molar-refractivity contribution in [3.8, 4) is 0 Å². The molecule has 0 aromatic heterocycles. The molecule has 7 N–H and O–H groups in total. The molecule has 0 heterocycles. The van der Waals surface area contributed by atoms with Gasteiger partial charge in [0.15, 0.2) is 0 Å². The van der Waals surface area contributed by atoms with Gasteiger partial charge in [-0.3, -0.25) is 4.79 Å². The summed E-state index contributed by atoms with van der Waals surface area (Å²) >= 11 is 0. The number of aryl methyl sites for hydroxylation is 1. The van der Waals surface area contributed by atoms with Gasteiger partial charge in [0, 0.05) is 13.0 Å². The molecule has 0 amide bonds. The molecule has 0 spiro atoms. The Hall–Kier alpha value is -1.55. The van der Waals surface area contributed by atoms with Crippen LogP contribution in [0.15, 0.2) is 30.3 Å². The van der Waals surface area contributed by atoms with Crippen LogP contribution >= 0.6 is 0 Å². The van der Waals surface area contributed by atoms with E-state index in [1.54, 1.807) is 7.05 Å². The predicted molar refractivity (Wildman–Crippen MR) is 92.1 cm³/mol. The smallest absolute Gasteiger partial charge is 0.303 e. The van der Waals surface area contributed by atoms with Gasteiger partial charge in [-0.1, -0.05) is 30.3 Å². The maximum absolute atomic E-state index is 10.2. The molecule has 1 aromatic carbocycles. The van der Waals surface area contributed by atoms with Crippen LogP contribution in [0.1, 0.15) is 18.4 Å². The topological polar surface area (TPSA) is 150 Å². The van der Waals surface area contributed by atoms with E-state index in [2.05, 4.69) is 5.32 Å². The van der Waals surface area contributed by atoms with E-state index in [0.29, 0.717) is 0 Å². The molecule has 8 heteroatoms. The molecule has 0 unspecified atom stereocenters. The number of hydrogen-bond donors (Lipinski definition) is 7. The molecule has 0 saturated carbocycles. The lowest BCUT2D eigenvalue weighted by atomic mass is 10.0.